The Bertz CT molecular complexity index is 524. The van der Waals surface area contributed by atoms with E-state index >= 15 is 0 Å². The summed E-state index contributed by atoms with van der Waals surface area (Å²) in [4.78, 5) is 22.9. The van der Waals surface area contributed by atoms with Crippen molar-refractivity contribution in [3.8, 4) is 0 Å². The van der Waals surface area contributed by atoms with Crippen LogP contribution >= 0.6 is 0 Å². The Hall–Kier alpha value is -2.11. The molecular formula is C14H19FN2O3. The lowest BCUT2D eigenvalue weighted by Gasteiger charge is -2.27. The molecule has 1 atom stereocenters. The first-order valence-corrected chi connectivity index (χ1v) is 6.17. The molecule has 0 fully saturated rings. The van der Waals surface area contributed by atoms with Gasteiger partial charge >= 0.3 is 12.0 Å². The molecule has 0 heterocycles. The number of carboxylic acids is 1. The van der Waals surface area contributed by atoms with Crippen molar-refractivity contribution in [2.75, 3.05) is 5.32 Å². The number of aliphatic carboxylic acids is 1. The van der Waals surface area contributed by atoms with Gasteiger partial charge in [0.15, 0.2) is 0 Å². The lowest BCUT2D eigenvalue weighted by molar-refractivity contribution is -0.141. The number of rotatable bonds is 3. The van der Waals surface area contributed by atoms with E-state index in [-0.39, 0.29) is 5.69 Å². The Morgan fingerprint density at radius 2 is 1.90 bits per heavy atom. The van der Waals surface area contributed by atoms with Crippen LogP contribution in [0.1, 0.15) is 26.3 Å². The van der Waals surface area contributed by atoms with Gasteiger partial charge in [0.25, 0.3) is 0 Å². The van der Waals surface area contributed by atoms with Crippen molar-refractivity contribution < 1.29 is 19.1 Å². The van der Waals surface area contributed by atoms with Gasteiger partial charge in [0.1, 0.15) is 11.9 Å². The molecule has 5 nitrogen and oxygen atoms in total. The van der Waals surface area contributed by atoms with Crippen LogP contribution in [0.25, 0.3) is 0 Å². The van der Waals surface area contributed by atoms with Gasteiger partial charge in [-0.05, 0) is 30.0 Å². The highest BCUT2D eigenvalue weighted by molar-refractivity contribution is 5.92. The van der Waals surface area contributed by atoms with Gasteiger partial charge in [0, 0.05) is 0 Å². The van der Waals surface area contributed by atoms with Gasteiger partial charge in [-0.1, -0.05) is 26.8 Å². The molecule has 0 saturated carbocycles. The minimum atomic E-state index is -1.14. The second-order valence-electron chi connectivity index (χ2n) is 5.72. The Kier molecular flexibility index (Phi) is 4.70. The van der Waals surface area contributed by atoms with Crippen LogP contribution in [0, 0.1) is 18.2 Å². The second-order valence-corrected chi connectivity index (χ2v) is 5.72. The monoisotopic (exact) mass is 282 g/mol. The molecule has 6 heteroatoms. The third kappa shape index (κ3) is 4.22. The van der Waals surface area contributed by atoms with Crippen LogP contribution in [0.3, 0.4) is 0 Å². The maximum atomic E-state index is 13.5. The summed E-state index contributed by atoms with van der Waals surface area (Å²) in [5.74, 6) is -1.72. The van der Waals surface area contributed by atoms with Crippen molar-refractivity contribution in [1.82, 2.24) is 5.32 Å². The maximum Gasteiger partial charge on any atom is 0.326 e. The van der Waals surface area contributed by atoms with Gasteiger partial charge in [0.2, 0.25) is 0 Å². The molecule has 1 aromatic rings. The van der Waals surface area contributed by atoms with Gasteiger partial charge in [-0.2, -0.15) is 0 Å². The summed E-state index contributed by atoms with van der Waals surface area (Å²) in [6.07, 6.45) is 0. The molecule has 0 unspecified atom stereocenters. The lowest BCUT2D eigenvalue weighted by atomic mass is 9.87. The van der Waals surface area contributed by atoms with Crippen molar-refractivity contribution in [2.45, 2.75) is 33.7 Å². The smallest absolute Gasteiger partial charge is 0.326 e. The van der Waals surface area contributed by atoms with Gasteiger partial charge in [-0.3, -0.25) is 0 Å². The zero-order chi connectivity index (χ0) is 15.5. The Morgan fingerprint density at radius 3 is 2.40 bits per heavy atom. The highest BCUT2D eigenvalue weighted by atomic mass is 19.1. The summed E-state index contributed by atoms with van der Waals surface area (Å²) in [5, 5.41) is 13.8. The molecule has 1 aromatic carbocycles. The van der Waals surface area contributed by atoms with Crippen molar-refractivity contribution in [3.05, 3.63) is 29.6 Å². The number of aryl methyl sites for hydroxylation is 1. The van der Waals surface area contributed by atoms with Crippen LogP contribution in [0.4, 0.5) is 14.9 Å². The number of benzene rings is 1. The number of carboxylic acid groups (broad SMARTS) is 1. The van der Waals surface area contributed by atoms with E-state index in [1.807, 2.05) is 0 Å². The molecule has 2 amide bonds. The summed E-state index contributed by atoms with van der Waals surface area (Å²) < 4.78 is 13.5. The molecule has 0 aliphatic carbocycles. The van der Waals surface area contributed by atoms with Crippen LogP contribution in [-0.2, 0) is 4.79 Å². The first kappa shape index (κ1) is 15.9. The number of hydrogen-bond acceptors (Lipinski definition) is 2. The SMILES string of the molecule is Cc1ccc(F)c(NC(=O)N[C@@H](C(=O)O)C(C)(C)C)c1. The number of nitrogens with one attached hydrogen (secondary N) is 2. The minimum Gasteiger partial charge on any atom is -0.480 e. The molecular weight excluding hydrogens is 263 g/mol. The lowest BCUT2D eigenvalue weighted by Crippen LogP contribution is -2.50. The minimum absolute atomic E-state index is 0.0144. The highest BCUT2D eigenvalue weighted by Crippen LogP contribution is 2.20. The summed E-state index contributed by atoms with van der Waals surface area (Å²) in [5.41, 5.74) is 0.141. The first-order valence-electron chi connectivity index (χ1n) is 6.17. The third-order valence-electron chi connectivity index (χ3n) is 2.76. The molecule has 0 saturated heterocycles. The molecule has 0 aromatic heterocycles. The number of hydrogen-bond donors (Lipinski definition) is 3. The van der Waals surface area contributed by atoms with Gasteiger partial charge in [-0.25, -0.2) is 14.0 Å². The summed E-state index contributed by atoms with van der Waals surface area (Å²) in [6, 6.07) is 2.46. The Labute approximate surface area is 117 Å². The average molecular weight is 282 g/mol. The van der Waals surface area contributed by atoms with Gasteiger partial charge < -0.3 is 15.7 Å². The topological polar surface area (TPSA) is 78.4 Å². The van der Waals surface area contributed by atoms with E-state index in [4.69, 9.17) is 5.11 Å². The van der Waals surface area contributed by atoms with E-state index < -0.39 is 29.3 Å². The second kappa shape index (κ2) is 5.90. The van der Waals surface area contributed by atoms with E-state index in [2.05, 4.69) is 10.6 Å². The summed E-state index contributed by atoms with van der Waals surface area (Å²) >= 11 is 0. The van der Waals surface area contributed by atoms with Crippen LogP contribution in [-0.4, -0.2) is 23.1 Å². The van der Waals surface area contributed by atoms with E-state index in [1.165, 1.54) is 12.1 Å². The van der Waals surface area contributed by atoms with Crippen molar-refractivity contribution in [3.63, 3.8) is 0 Å². The van der Waals surface area contributed by atoms with Crippen LogP contribution in [0.2, 0.25) is 0 Å². The molecule has 0 spiro atoms. The normalized spacial score (nSPS) is 12.7. The molecule has 0 aliphatic heterocycles. The number of carbonyl (C=O) groups excluding carboxylic acids is 1. The molecule has 0 aliphatic rings. The molecule has 20 heavy (non-hydrogen) atoms. The Balaban J connectivity index is 2.81. The Morgan fingerprint density at radius 1 is 1.30 bits per heavy atom. The fraction of sp³-hybridized carbons (Fsp3) is 0.429. The fourth-order valence-corrected chi connectivity index (χ4v) is 1.67. The van der Waals surface area contributed by atoms with Crippen LogP contribution in [0.15, 0.2) is 18.2 Å². The fourth-order valence-electron chi connectivity index (χ4n) is 1.67. The van der Waals surface area contributed by atoms with Crippen molar-refractivity contribution >= 4 is 17.7 Å². The summed E-state index contributed by atoms with van der Waals surface area (Å²) in [6.45, 7) is 6.84. The summed E-state index contributed by atoms with van der Waals surface area (Å²) in [7, 11) is 0. The highest BCUT2D eigenvalue weighted by Gasteiger charge is 2.32. The number of carbonyl (C=O) groups is 2. The van der Waals surface area contributed by atoms with E-state index in [9.17, 15) is 14.0 Å². The number of halogens is 1. The van der Waals surface area contributed by atoms with Crippen molar-refractivity contribution in [1.29, 1.82) is 0 Å². The van der Waals surface area contributed by atoms with Crippen LogP contribution < -0.4 is 10.6 Å². The van der Waals surface area contributed by atoms with Gasteiger partial charge in [-0.15, -0.1) is 0 Å². The standard InChI is InChI=1S/C14H19FN2O3/c1-8-5-6-9(15)10(7-8)16-13(20)17-11(12(18)19)14(2,3)4/h5-7,11H,1-4H3,(H,18,19)(H2,16,17,20)/t11-/m0/s1. The number of amides is 2. The first-order chi connectivity index (χ1) is 9.11. The van der Waals surface area contributed by atoms with E-state index in [0.29, 0.717) is 0 Å². The van der Waals surface area contributed by atoms with E-state index in [1.54, 1.807) is 33.8 Å². The predicted octanol–water partition coefficient (Wildman–Crippen LogP) is 2.75. The number of urea groups is 1. The quantitative estimate of drug-likeness (QED) is 0.797. The molecule has 3 N–H and O–H groups in total. The molecule has 0 bridgehead atoms. The zero-order valence-corrected chi connectivity index (χ0v) is 12.0. The van der Waals surface area contributed by atoms with E-state index in [0.717, 1.165) is 5.56 Å². The van der Waals surface area contributed by atoms with Gasteiger partial charge in [0.05, 0.1) is 5.69 Å². The third-order valence-corrected chi connectivity index (χ3v) is 2.76. The molecule has 110 valence electrons. The zero-order valence-electron chi connectivity index (χ0n) is 12.0. The largest absolute Gasteiger partial charge is 0.480 e. The molecule has 1 rings (SSSR count). The molecule has 0 radical (unpaired) electrons. The maximum absolute atomic E-state index is 13.5. The van der Waals surface area contributed by atoms with Crippen molar-refractivity contribution in [2.24, 2.45) is 5.41 Å². The van der Waals surface area contributed by atoms with Crippen LogP contribution in [0.5, 0.6) is 0 Å². The average Bonchev–Trinajstić information content (AvgIpc) is 2.29. The predicted molar refractivity (Wildman–Crippen MR) is 74.2 cm³/mol. The number of anilines is 1.